The first-order valence-electron chi connectivity index (χ1n) is 10.1. The van der Waals surface area contributed by atoms with E-state index in [0.29, 0.717) is 13.2 Å². The smallest absolute Gasteiger partial charge is 0.191 e. The fourth-order valence-corrected chi connectivity index (χ4v) is 4.38. The van der Waals surface area contributed by atoms with Crippen LogP contribution in [0, 0.1) is 6.92 Å². The van der Waals surface area contributed by atoms with Crippen LogP contribution < -0.4 is 4.74 Å². The van der Waals surface area contributed by atoms with Crippen LogP contribution >= 0.6 is 23.4 Å². The minimum Gasteiger partial charge on any atom is -0.493 e. The molecule has 0 amide bonds. The van der Waals surface area contributed by atoms with Gasteiger partial charge in [0, 0.05) is 36.1 Å². The average Bonchev–Trinajstić information content (AvgIpc) is 3.35. The van der Waals surface area contributed by atoms with Gasteiger partial charge in [-0.15, -0.1) is 16.8 Å². The summed E-state index contributed by atoms with van der Waals surface area (Å²) in [6.07, 6.45) is 7.54. The number of rotatable bonds is 10. The molecule has 0 aliphatic heterocycles. The van der Waals surface area contributed by atoms with Gasteiger partial charge in [0.15, 0.2) is 5.16 Å². The summed E-state index contributed by atoms with van der Waals surface area (Å²) < 4.78 is 10.0. The normalized spacial score (nSPS) is 11.2. The number of halogens is 1. The lowest BCUT2D eigenvalue weighted by Crippen LogP contribution is -2.07. The number of aryl methyl sites for hydroxylation is 2. The van der Waals surface area contributed by atoms with Crippen LogP contribution in [0.25, 0.3) is 5.65 Å². The summed E-state index contributed by atoms with van der Waals surface area (Å²) in [6.45, 7) is 7.15. The van der Waals surface area contributed by atoms with E-state index in [-0.39, 0.29) is 0 Å². The maximum absolute atomic E-state index is 6.00. The molecule has 4 aromatic rings. The van der Waals surface area contributed by atoms with E-state index < -0.39 is 0 Å². The number of nitrogens with zero attached hydrogens (tertiary/aromatic N) is 5. The molecule has 3 heterocycles. The zero-order valence-corrected chi connectivity index (χ0v) is 18.9. The number of ether oxygens (including phenoxy) is 1. The third-order valence-electron chi connectivity index (χ3n) is 4.81. The molecule has 0 unspecified atom stereocenters. The minimum atomic E-state index is 0.604. The van der Waals surface area contributed by atoms with Gasteiger partial charge in [-0.25, -0.2) is 4.98 Å². The lowest BCUT2D eigenvalue weighted by molar-refractivity contribution is 0.307. The van der Waals surface area contributed by atoms with E-state index in [9.17, 15) is 0 Å². The molecule has 1 aromatic carbocycles. The summed E-state index contributed by atoms with van der Waals surface area (Å²) in [5.74, 6) is 2.53. The predicted octanol–water partition coefficient (Wildman–Crippen LogP) is 5.38. The summed E-state index contributed by atoms with van der Waals surface area (Å²) in [5, 5.41) is 10.4. The van der Waals surface area contributed by atoms with Crippen molar-refractivity contribution in [3.63, 3.8) is 0 Å². The van der Waals surface area contributed by atoms with Crippen LogP contribution in [0.5, 0.6) is 5.75 Å². The first-order chi connectivity index (χ1) is 15.1. The molecular weight excluding hydrogens is 430 g/mol. The topological polar surface area (TPSA) is 57.2 Å². The molecule has 160 valence electrons. The second kappa shape index (κ2) is 10.0. The Bertz CT molecular complexity index is 1150. The van der Waals surface area contributed by atoms with Gasteiger partial charge in [-0.2, -0.15) is 0 Å². The van der Waals surface area contributed by atoms with Gasteiger partial charge in [0.25, 0.3) is 0 Å². The molecule has 4 rings (SSSR count). The highest BCUT2D eigenvalue weighted by molar-refractivity contribution is 7.98. The Balaban J connectivity index is 1.35. The number of hydrogen-bond acceptors (Lipinski definition) is 5. The summed E-state index contributed by atoms with van der Waals surface area (Å²) >= 11 is 7.64. The highest BCUT2D eigenvalue weighted by Crippen LogP contribution is 2.24. The van der Waals surface area contributed by atoms with Gasteiger partial charge < -0.3 is 13.7 Å². The van der Waals surface area contributed by atoms with Gasteiger partial charge in [0.2, 0.25) is 0 Å². The van der Waals surface area contributed by atoms with Crippen molar-refractivity contribution in [1.82, 2.24) is 24.1 Å². The second-order valence-electron chi connectivity index (χ2n) is 7.15. The number of imidazole rings is 1. The van der Waals surface area contributed by atoms with E-state index >= 15 is 0 Å². The molecule has 31 heavy (non-hydrogen) atoms. The molecule has 0 aliphatic rings. The van der Waals surface area contributed by atoms with E-state index in [4.69, 9.17) is 16.3 Å². The molecule has 3 aromatic heterocycles. The van der Waals surface area contributed by atoms with Crippen molar-refractivity contribution in [2.45, 2.75) is 37.2 Å². The fourth-order valence-electron chi connectivity index (χ4n) is 3.31. The molecule has 0 N–H and O–H groups in total. The van der Waals surface area contributed by atoms with Crippen molar-refractivity contribution in [2.75, 3.05) is 6.61 Å². The molecule has 0 fully saturated rings. The van der Waals surface area contributed by atoms with Crippen LogP contribution in [0.2, 0.25) is 5.02 Å². The van der Waals surface area contributed by atoms with Crippen molar-refractivity contribution in [3.8, 4) is 5.75 Å². The number of aromatic nitrogens is 5. The van der Waals surface area contributed by atoms with Crippen LogP contribution in [0.1, 0.15) is 23.5 Å². The highest BCUT2D eigenvalue weighted by Gasteiger charge is 2.13. The fraction of sp³-hybridized carbons (Fsp3) is 0.261. The van der Waals surface area contributed by atoms with E-state index in [0.717, 1.165) is 57.3 Å². The molecule has 8 heteroatoms. The molecule has 0 atom stereocenters. The maximum Gasteiger partial charge on any atom is 0.191 e. The van der Waals surface area contributed by atoms with Gasteiger partial charge >= 0.3 is 0 Å². The van der Waals surface area contributed by atoms with Crippen LogP contribution in [0.15, 0.2) is 66.6 Å². The number of fused-ring (bicyclic) bond motifs is 1. The number of pyridine rings is 1. The van der Waals surface area contributed by atoms with E-state index in [1.165, 1.54) is 0 Å². The SMILES string of the molecule is C=CCn1c(CCCOc2ccc(Cl)cc2C)nnc1SCc1cn2ccccc2n1. The van der Waals surface area contributed by atoms with Crippen molar-refractivity contribution in [1.29, 1.82) is 0 Å². The monoisotopic (exact) mass is 453 g/mol. The Hall–Kier alpha value is -2.77. The van der Waals surface area contributed by atoms with Crippen molar-refractivity contribution in [3.05, 3.63) is 83.6 Å². The first-order valence-corrected chi connectivity index (χ1v) is 11.5. The maximum atomic E-state index is 6.00. The molecule has 0 bridgehead atoms. The quantitative estimate of drug-likeness (QED) is 0.183. The Labute approximate surface area is 190 Å². The van der Waals surface area contributed by atoms with Crippen LogP contribution in [-0.4, -0.2) is 30.8 Å². The third kappa shape index (κ3) is 5.29. The predicted molar refractivity (Wildman–Crippen MR) is 125 cm³/mol. The second-order valence-corrected chi connectivity index (χ2v) is 8.53. The van der Waals surface area contributed by atoms with Crippen molar-refractivity contribution in [2.24, 2.45) is 0 Å². The van der Waals surface area contributed by atoms with Crippen LogP contribution in [-0.2, 0) is 18.7 Å². The Morgan fingerprint density at radius 1 is 1.23 bits per heavy atom. The molecule has 0 aliphatic carbocycles. The first kappa shape index (κ1) is 21.5. The van der Waals surface area contributed by atoms with Gasteiger partial charge in [-0.1, -0.05) is 35.5 Å². The number of benzene rings is 1. The van der Waals surface area contributed by atoms with Crippen molar-refractivity contribution < 1.29 is 4.74 Å². The van der Waals surface area contributed by atoms with E-state index in [2.05, 4.69) is 26.3 Å². The largest absolute Gasteiger partial charge is 0.493 e. The summed E-state index contributed by atoms with van der Waals surface area (Å²) in [7, 11) is 0. The lowest BCUT2D eigenvalue weighted by atomic mass is 10.2. The Kier molecular flexibility index (Phi) is 6.94. The summed E-state index contributed by atoms with van der Waals surface area (Å²) in [4.78, 5) is 4.65. The Morgan fingerprint density at radius 2 is 2.13 bits per heavy atom. The average molecular weight is 454 g/mol. The zero-order valence-electron chi connectivity index (χ0n) is 17.4. The number of allylic oxidation sites excluding steroid dienone is 1. The zero-order chi connectivity index (χ0) is 21.6. The van der Waals surface area contributed by atoms with E-state index in [1.54, 1.807) is 11.8 Å². The number of hydrogen-bond donors (Lipinski definition) is 0. The Morgan fingerprint density at radius 3 is 2.94 bits per heavy atom. The molecule has 0 saturated heterocycles. The van der Waals surface area contributed by atoms with Crippen molar-refractivity contribution >= 4 is 29.0 Å². The van der Waals surface area contributed by atoms with E-state index in [1.807, 2.05) is 66.2 Å². The van der Waals surface area contributed by atoms with Gasteiger partial charge in [-0.3, -0.25) is 0 Å². The van der Waals surface area contributed by atoms with Gasteiger partial charge in [0.05, 0.1) is 12.3 Å². The molecule has 0 spiro atoms. The van der Waals surface area contributed by atoms with Crippen LogP contribution in [0.4, 0.5) is 0 Å². The van der Waals surface area contributed by atoms with Crippen LogP contribution in [0.3, 0.4) is 0 Å². The molecular formula is C23H24ClN5OS. The lowest BCUT2D eigenvalue weighted by Gasteiger charge is -2.10. The highest BCUT2D eigenvalue weighted by atomic mass is 35.5. The molecule has 0 saturated carbocycles. The van der Waals surface area contributed by atoms with Gasteiger partial charge in [-0.05, 0) is 49.2 Å². The minimum absolute atomic E-state index is 0.604. The standard InChI is InChI=1S/C23H24ClN5OS/c1-3-11-29-22(8-6-13-30-20-10-9-18(24)14-17(20)2)26-27-23(29)31-16-19-15-28-12-5-4-7-21(28)25-19/h3-5,7,9-10,12,14-15H,1,6,8,11,13,16H2,2H3. The van der Waals surface area contributed by atoms with Gasteiger partial charge in [0.1, 0.15) is 17.2 Å². The summed E-state index contributed by atoms with van der Waals surface area (Å²) in [5.41, 5.74) is 2.99. The number of thioether (sulfide) groups is 1. The summed E-state index contributed by atoms with van der Waals surface area (Å²) in [6, 6.07) is 11.6. The molecule has 6 nitrogen and oxygen atoms in total. The third-order valence-corrected chi connectivity index (χ3v) is 6.04. The molecule has 0 radical (unpaired) electrons.